The molecule has 1 fully saturated rings. The number of hydrogen-bond donors (Lipinski definition) is 1. The molecule has 1 aromatic rings. The number of carbonyl (C=O) groups excluding carboxylic acids is 1. The fraction of sp³-hybridized carbons (Fsp3) is 0.588. The topological polar surface area (TPSA) is 44.8 Å². The van der Waals surface area contributed by atoms with E-state index in [-0.39, 0.29) is 11.9 Å². The molecule has 0 atom stereocenters. The van der Waals surface area contributed by atoms with Crippen LogP contribution in [0.25, 0.3) is 0 Å². The first-order valence-electron chi connectivity index (χ1n) is 8.15. The number of nitrogens with one attached hydrogen (secondary N) is 1. The Hall–Kier alpha value is -1.30. The number of nitrogens with zero attached hydrogens (tertiary/aromatic N) is 2. The fourth-order valence-electron chi connectivity index (χ4n) is 2.57. The van der Waals surface area contributed by atoms with Crippen LogP contribution in [0.4, 0.5) is 0 Å². The highest BCUT2D eigenvalue weighted by atomic mass is 35.5. The molecule has 1 N–H and O–H groups in total. The Kier molecular flexibility index (Phi) is 7.15. The second-order valence-electron chi connectivity index (χ2n) is 6.14. The minimum atomic E-state index is 0.111. The van der Waals surface area contributed by atoms with Crippen LogP contribution in [0.5, 0.6) is 5.75 Å². The second kappa shape index (κ2) is 9.11. The highest BCUT2D eigenvalue weighted by molar-refractivity contribution is 6.30. The summed E-state index contributed by atoms with van der Waals surface area (Å²) in [5.41, 5.74) is 0. The fourth-order valence-corrected chi connectivity index (χ4v) is 2.69. The van der Waals surface area contributed by atoms with Gasteiger partial charge in [0.1, 0.15) is 12.4 Å². The third-order valence-corrected chi connectivity index (χ3v) is 4.02. The predicted octanol–water partition coefficient (Wildman–Crippen LogP) is 1.86. The van der Waals surface area contributed by atoms with Gasteiger partial charge in [-0.15, -0.1) is 0 Å². The Morgan fingerprint density at radius 3 is 2.39 bits per heavy atom. The van der Waals surface area contributed by atoms with Crippen LogP contribution in [-0.2, 0) is 4.79 Å². The smallest absolute Gasteiger partial charge is 0.234 e. The van der Waals surface area contributed by atoms with Gasteiger partial charge in [-0.3, -0.25) is 14.6 Å². The van der Waals surface area contributed by atoms with Crippen molar-refractivity contribution in [2.75, 3.05) is 45.9 Å². The van der Waals surface area contributed by atoms with Gasteiger partial charge in [-0.25, -0.2) is 0 Å². The number of carbonyl (C=O) groups is 1. The van der Waals surface area contributed by atoms with E-state index in [1.807, 2.05) is 38.1 Å². The minimum Gasteiger partial charge on any atom is -0.492 e. The summed E-state index contributed by atoms with van der Waals surface area (Å²) in [5.74, 6) is 0.956. The van der Waals surface area contributed by atoms with Gasteiger partial charge in [0.2, 0.25) is 5.91 Å². The largest absolute Gasteiger partial charge is 0.492 e. The van der Waals surface area contributed by atoms with E-state index in [0.717, 1.165) is 43.5 Å². The molecule has 0 spiro atoms. The van der Waals surface area contributed by atoms with Gasteiger partial charge < -0.3 is 10.1 Å². The molecule has 1 aliphatic heterocycles. The summed E-state index contributed by atoms with van der Waals surface area (Å²) in [6, 6.07) is 7.63. The van der Waals surface area contributed by atoms with E-state index in [1.54, 1.807) is 0 Å². The molecule has 1 aliphatic rings. The number of halogens is 1. The van der Waals surface area contributed by atoms with E-state index in [0.29, 0.717) is 13.2 Å². The normalized spacial score (nSPS) is 16.5. The highest BCUT2D eigenvalue weighted by Gasteiger charge is 2.18. The van der Waals surface area contributed by atoms with E-state index in [2.05, 4.69) is 15.1 Å². The predicted molar refractivity (Wildman–Crippen MR) is 93.1 cm³/mol. The van der Waals surface area contributed by atoms with E-state index in [4.69, 9.17) is 16.3 Å². The minimum absolute atomic E-state index is 0.111. The lowest BCUT2D eigenvalue weighted by Gasteiger charge is -2.34. The van der Waals surface area contributed by atoms with Crippen molar-refractivity contribution >= 4 is 17.5 Å². The maximum absolute atomic E-state index is 11.8. The number of ether oxygens (including phenoxy) is 1. The Morgan fingerprint density at radius 2 is 1.78 bits per heavy atom. The molecular weight excluding hydrogens is 314 g/mol. The van der Waals surface area contributed by atoms with Crippen molar-refractivity contribution in [2.45, 2.75) is 19.9 Å². The zero-order valence-corrected chi connectivity index (χ0v) is 14.7. The van der Waals surface area contributed by atoms with Gasteiger partial charge in [0.25, 0.3) is 0 Å². The summed E-state index contributed by atoms with van der Waals surface area (Å²) in [4.78, 5) is 16.3. The summed E-state index contributed by atoms with van der Waals surface area (Å²) >= 11 is 5.85. The standard InChI is InChI=1S/C17H26ClN3O2/c1-14(2)19-17(22)13-21-9-7-20(8-10-21)11-12-23-16-5-3-15(18)4-6-16/h3-6,14H,7-13H2,1-2H3,(H,19,22). The van der Waals surface area contributed by atoms with Crippen LogP contribution in [0.3, 0.4) is 0 Å². The van der Waals surface area contributed by atoms with Gasteiger partial charge in [-0.05, 0) is 38.1 Å². The van der Waals surface area contributed by atoms with Gasteiger partial charge in [-0.1, -0.05) is 11.6 Å². The van der Waals surface area contributed by atoms with E-state index in [1.165, 1.54) is 0 Å². The summed E-state index contributed by atoms with van der Waals surface area (Å²) in [6.45, 7) is 9.81. The molecule has 0 radical (unpaired) electrons. The van der Waals surface area contributed by atoms with Gasteiger partial charge >= 0.3 is 0 Å². The summed E-state index contributed by atoms with van der Waals surface area (Å²) in [7, 11) is 0. The van der Waals surface area contributed by atoms with Crippen LogP contribution >= 0.6 is 11.6 Å². The maximum Gasteiger partial charge on any atom is 0.234 e. The third-order valence-electron chi connectivity index (χ3n) is 3.77. The van der Waals surface area contributed by atoms with Crippen molar-refractivity contribution < 1.29 is 9.53 Å². The molecule has 23 heavy (non-hydrogen) atoms. The quantitative estimate of drug-likeness (QED) is 0.823. The first-order chi connectivity index (χ1) is 11.0. The van der Waals surface area contributed by atoms with Crippen molar-refractivity contribution in [3.8, 4) is 5.75 Å². The van der Waals surface area contributed by atoms with Crippen molar-refractivity contribution in [1.82, 2.24) is 15.1 Å². The van der Waals surface area contributed by atoms with Gasteiger partial charge in [-0.2, -0.15) is 0 Å². The zero-order valence-electron chi connectivity index (χ0n) is 13.9. The molecule has 0 bridgehead atoms. The Bertz CT molecular complexity index is 485. The monoisotopic (exact) mass is 339 g/mol. The molecule has 0 unspecified atom stereocenters. The Balaban J connectivity index is 1.61. The molecule has 0 saturated carbocycles. The van der Waals surface area contributed by atoms with Crippen molar-refractivity contribution in [3.05, 3.63) is 29.3 Å². The summed E-state index contributed by atoms with van der Waals surface area (Å²) < 4.78 is 5.72. The zero-order chi connectivity index (χ0) is 16.7. The second-order valence-corrected chi connectivity index (χ2v) is 6.58. The van der Waals surface area contributed by atoms with Gasteiger partial charge in [0.15, 0.2) is 0 Å². The van der Waals surface area contributed by atoms with E-state index < -0.39 is 0 Å². The van der Waals surface area contributed by atoms with Crippen LogP contribution in [0.15, 0.2) is 24.3 Å². The molecule has 2 rings (SSSR count). The van der Waals surface area contributed by atoms with E-state index >= 15 is 0 Å². The average Bonchev–Trinajstić information content (AvgIpc) is 2.50. The molecule has 1 amide bonds. The van der Waals surface area contributed by atoms with Gasteiger partial charge in [0.05, 0.1) is 6.54 Å². The third kappa shape index (κ3) is 6.77. The number of hydrogen-bond acceptors (Lipinski definition) is 4. The molecule has 6 heteroatoms. The van der Waals surface area contributed by atoms with Crippen molar-refractivity contribution in [1.29, 1.82) is 0 Å². The lowest BCUT2D eigenvalue weighted by Crippen LogP contribution is -2.50. The number of rotatable bonds is 7. The molecule has 0 aromatic heterocycles. The number of benzene rings is 1. The van der Waals surface area contributed by atoms with Crippen LogP contribution in [0.2, 0.25) is 5.02 Å². The Morgan fingerprint density at radius 1 is 1.17 bits per heavy atom. The van der Waals surface area contributed by atoms with Crippen LogP contribution in [0, 0.1) is 0 Å². The number of amides is 1. The van der Waals surface area contributed by atoms with Crippen LogP contribution in [-0.4, -0.2) is 67.6 Å². The van der Waals surface area contributed by atoms with Crippen molar-refractivity contribution in [2.24, 2.45) is 0 Å². The molecule has 5 nitrogen and oxygen atoms in total. The Labute approximate surface area is 143 Å². The summed E-state index contributed by atoms with van der Waals surface area (Å²) in [5, 5.41) is 3.65. The van der Waals surface area contributed by atoms with Crippen molar-refractivity contribution in [3.63, 3.8) is 0 Å². The van der Waals surface area contributed by atoms with Crippen LogP contribution < -0.4 is 10.1 Å². The number of piperazine rings is 1. The summed E-state index contributed by atoms with van der Waals surface area (Å²) in [6.07, 6.45) is 0. The molecular formula is C17H26ClN3O2. The molecule has 0 aliphatic carbocycles. The van der Waals surface area contributed by atoms with Crippen LogP contribution in [0.1, 0.15) is 13.8 Å². The average molecular weight is 340 g/mol. The first-order valence-corrected chi connectivity index (χ1v) is 8.53. The van der Waals surface area contributed by atoms with E-state index in [9.17, 15) is 4.79 Å². The first kappa shape index (κ1) is 18.0. The van der Waals surface area contributed by atoms with Gasteiger partial charge in [0, 0.05) is 43.8 Å². The lowest BCUT2D eigenvalue weighted by molar-refractivity contribution is -0.123. The maximum atomic E-state index is 11.8. The SMILES string of the molecule is CC(C)NC(=O)CN1CCN(CCOc2ccc(Cl)cc2)CC1. The molecule has 1 saturated heterocycles. The molecule has 1 aromatic carbocycles. The highest BCUT2D eigenvalue weighted by Crippen LogP contribution is 2.15. The molecule has 128 valence electrons. The molecule has 1 heterocycles. The lowest BCUT2D eigenvalue weighted by atomic mass is 10.3.